The smallest absolute Gasteiger partial charge is 0.180 e. The molecule has 0 fully saturated rings. The second kappa shape index (κ2) is 7.23. The van der Waals surface area contributed by atoms with Crippen molar-refractivity contribution in [1.82, 2.24) is 0 Å². The summed E-state index contributed by atoms with van der Waals surface area (Å²) < 4.78 is 5.15. The van der Waals surface area contributed by atoms with Gasteiger partial charge in [0.2, 0.25) is 0 Å². The number of aromatic hydroxyl groups is 1. The summed E-state index contributed by atoms with van der Waals surface area (Å²) in [4.78, 5) is 0. The van der Waals surface area contributed by atoms with Crippen LogP contribution in [0.1, 0.15) is 25.0 Å². The standard InChI is InChI=1S/C8H9IO2S.C2H6/c1-5-3-6(2)8(10)7(4-5)11-12-9;1-2/h3-4,10H,1-2H3;1-2H3. The first-order valence-corrected chi connectivity index (χ1v) is 7.69. The molecule has 1 rings (SSSR count). The summed E-state index contributed by atoms with van der Waals surface area (Å²) >= 11 is 2.01. The molecular weight excluding hydrogens is 311 g/mol. The summed E-state index contributed by atoms with van der Waals surface area (Å²) in [6.07, 6.45) is 0. The second-order valence-corrected chi connectivity index (χ2v) is 3.95. The highest BCUT2D eigenvalue weighted by molar-refractivity contribution is 14.2. The van der Waals surface area contributed by atoms with E-state index in [9.17, 15) is 5.11 Å². The normalized spacial score (nSPS) is 8.93. The van der Waals surface area contributed by atoms with Gasteiger partial charge in [-0.05, 0) is 31.0 Å². The molecule has 0 radical (unpaired) electrons. The van der Waals surface area contributed by atoms with E-state index in [4.69, 9.17) is 4.18 Å². The summed E-state index contributed by atoms with van der Waals surface area (Å²) in [6.45, 7) is 7.82. The van der Waals surface area contributed by atoms with Gasteiger partial charge in [0.15, 0.2) is 11.5 Å². The van der Waals surface area contributed by atoms with Gasteiger partial charge in [0, 0.05) is 21.2 Å². The molecule has 0 saturated heterocycles. The van der Waals surface area contributed by atoms with Crippen LogP contribution >= 0.6 is 30.4 Å². The lowest BCUT2D eigenvalue weighted by Gasteiger charge is -2.06. The lowest BCUT2D eigenvalue weighted by atomic mass is 10.1. The fourth-order valence-electron chi connectivity index (χ4n) is 1.02. The number of phenolic OH excluding ortho intramolecular Hbond substituents is 1. The van der Waals surface area contributed by atoms with Crippen LogP contribution < -0.4 is 4.18 Å². The first-order chi connectivity index (χ1) is 6.65. The largest absolute Gasteiger partial charge is 0.504 e. The van der Waals surface area contributed by atoms with E-state index in [1.54, 1.807) is 0 Å². The van der Waals surface area contributed by atoms with Crippen molar-refractivity contribution in [2.45, 2.75) is 27.7 Å². The van der Waals surface area contributed by atoms with Crippen molar-refractivity contribution in [3.63, 3.8) is 0 Å². The number of hydrogen-bond acceptors (Lipinski definition) is 3. The van der Waals surface area contributed by atoms with Gasteiger partial charge in [-0.25, -0.2) is 0 Å². The van der Waals surface area contributed by atoms with Gasteiger partial charge in [0.1, 0.15) is 9.21 Å². The molecule has 0 aliphatic rings. The Morgan fingerprint density at radius 3 is 2.36 bits per heavy atom. The molecule has 0 heterocycles. The maximum Gasteiger partial charge on any atom is 0.180 e. The zero-order chi connectivity index (χ0) is 11.1. The van der Waals surface area contributed by atoms with E-state index in [-0.39, 0.29) is 5.75 Å². The van der Waals surface area contributed by atoms with E-state index in [1.165, 1.54) is 9.21 Å². The first kappa shape index (κ1) is 13.9. The van der Waals surface area contributed by atoms with Crippen molar-refractivity contribution in [2.75, 3.05) is 0 Å². The number of halogens is 1. The van der Waals surface area contributed by atoms with Gasteiger partial charge in [-0.3, -0.25) is 0 Å². The van der Waals surface area contributed by atoms with Crippen LogP contribution in [0.3, 0.4) is 0 Å². The average Bonchev–Trinajstić information content (AvgIpc) is 2.17. The molecule has 0 aliphatic carbocycles. The third-order valence-electron chi connectivity index (χ3n) is 1.53. The zero-order valence-electron chi connectivity index (χ0n) is 8.80. The van der Waals surface area contributed by atoms with Gasteiger partial charge in [0.25, 0.3) is 0 Å². The van der Waals surface area contributed by atoms with Crippen molar-refractivity contribution in [3.8, 4) is 11.5 Å². The van der Waals surface area contributed by atoms with Crippen molar-refractivity contribution in [1.29, 1.82) is 0 Å². The molecule has 0 aromatic heterocycles. The third kappa shape index (κ3) is 3.96. The van der Waals surface area contributed by atoms with Crippen LogP contribution in [0.15, 0.2) is 12.1 Å². The maximum atomic E-state index is 9.51. The summed E-state index contributed by atoms with van der Waals surface area (Å²) in [5, 5.41) is 9.51. The van der Waals surface area contributed by atoms with E-state index >= 15 is 0 Å². The van der Waals surface area contributed by atoms with Crippen LogP contribution in [-0.4, -0.2) is 5.11 Å². The summed E-state index contributed by atoms with van der Waals surface area (Å²) in [7, 11) is 1.20. The Balaban J connectivity index is 0.000000791. The molecule has 0 unspecified atom stereocenters. The van der Waals surface area contributed by atoms with E-state index in [0.29, 0.717) is 5.75 Å². The van der Waals surface area contributed by atoms with Crippen LogP contribution in [0.2, 0.25) is 0 Å². The fraction of sp³-hybridized carbons (Fsp3) is 0.400. The van der Waals surface area contributed by atoms with Crippen LogP contribution in [0.4, 0.5) is 0 Å². The Morgan fingerprint density at radius 1 is 1.29 bits per heavy atom. The van der Waals surface area contributed by atoms with Gasteiger partial charge < -0.3 is 9.29 Å². The van der Waals surface area contributed by atoms with Gasteiger partial charge in [0.05, 0.1) is 0 Å². The minimum atomic E-state index is 0.227. The highest BCUT2D eigenvalue weighted by atomic mass is 127. The molecule has 0 atom stereocenters. The quantitative estimate of drug-likeness (QED) is 0.645. The van der Waals surface area contributed by atoms with Gasteiger partial charge in [-0.15, -0.1) is 0 Å². The molecule has 0 aliphatic heterocycles. The number of phenols is 1. The highest BCUT2D eigenvalue weighted by Crippen LogP contribution is 2.34. The predicted octanol–water partition coefficient (Wildman–Crippen LogP) is 4.41. The highest BCUT2D eigenvalue weighted by Gasteiger charge is 2.06. The zero-order valence-corrected chi connectivity index (χ0v) is 11.8. The van der Waals surface area contributed by atoms with E-state index < -0.39 is 0 Å². The van der Waals surface area contributed by atoms with Crippen molar-refractivity contribution >= 4 is 30.4 Å². The molecule has 1 aromatic rings. The Kier molecular flexibility index (Phi) is 7.17. The Bertz CT molecular complexity index is 290. The number of rotatable bonds is 2. The number of aryl methyl sites for hydroxylation is 2. The topological polar surface area (TPSA) is 29.5 Å². The molecule has 0 saturated carbocycles. The third-order valence-corrected chi connectivity index (χ3v) is 2.31. The summed E-state index contributed by atoms with van der Waals surface area (Å²) in [5.74, 6) is 0.761. The van der Waals surface area contributed by atoms with Gasteiger partial charge >= 0.3 is 0 Å². The van der Waals surface area contributed by atoms with Gasteiger partial charge in [-0.1, -0.05) is 19.9 Å². The molecule has 2 nitrogen and oxygen atoms in total. The number of hydrogen-bond donors (Lipinski definition) is 1. The molecule has 0 amide bonds. The maximum absolute atomic E-state index is 9.51. The molecule has 1 aromatic carbocycles. The van der Waals surface area contributed by atoms with Crippen molar-refractivity contribution in [3.05, 3.63) is 23.3 Å². The summed E-state index contributed by atoms with van der Waals surface area (Å²) in [6, 6.07) is 3.73. The first-order valence-electron chi connectivity index (χ1n) is 4.40. The minimum absolute atomic E-state index is 0.227. The van der Waals surface area contributed by atoms with Crippen LogP contribution in [0, 0.1) is 13.8 Å². The predicted molar refractivity (Wildman–Crippen MR) is 71.2 cm³/mol. The molecule has 80 valence electrons. The fourth-order valence-corrected chi connectivity index (χ4v) is 1.79. The summed E-state index contributed by atoms with van der Waals surface area (Å²) in [5.41, 5.74) is 1.93. The Morgan fingerprint density at radius 2 is 1.86 bits per heavy atom. The Hall–Kier alpha value is -0.100. The minimum Gasteiger partial charge on any atom is -0.504 e. The molecular formula is C10H15IO2S. The monoisotopic (exact) mass is 326 g/mol. The Labute approximate surface area is 102 Å². The molecule has 1 N–H and O–H groups in total. The van der Waals surface area contributed by atoms with Crippen LogP contribution in [-0.2, 0) is 0 Å². The molecule has 0 spiro atoms. The average molecular weight is 326 g/mol. The molecule has 0 bridgehead atoms. The molecule has 4 heteroatoms. The van der Waals surface area contributed by atoms with Gasteiger partial charge in [-0.2, -0.15) is 0 Å². The van der Waals surface area contributed by atoms with E-state index in [0.717, 1.165) is 11.1 Å². The van der Waals surface area contributed by atoms with E-state index in [2.05, 4.69) is 0 Å². The van der Waals surface area contributed by atoms with Crippen LogP contribution in [0.5, 0.6) is 11.5 Å². The van der Waals surface area contributed by atoms with Crippen molar-refractivity contribution in [2.24, 2.45) is 0 Å². The second-order valence-electron chi connectivity index (χ2n) is 2.57. The number of benzene rings is 1. The van der Waals surface area contributed by atoms with E-state index in [1.807, 2.05) is 61.0 Å². The van der Waals surface area contributed by atoms with Crippen molar-refractivity contribution < 1.29 is 9.29 Å². The lowest BCUT2D eigenvalue weighted by Crippen LogP contribution is -1.84. The molecule has 14 heavy (non-hydrogen) atoms. The van der Waals surface area contributed by atoms with Crippen LogP contribution in [0.25, 0.3) is 0 Å². The lowest BCUT2D eigenvalue weighted by molar-refractivity contribution is 0.447. The SMILES string of the molecule is CC.Cc1cc(C)c(O)c(OSI)c1.